The van der Waals surface area contributed by atoms with Gasteiger partial charge in [0.1, 0.15) is 6.61 Å². The van der Waals surface area contributed by atoms with E-state index in [1.165, 1.54) is 13.1 Å². The Morgan fingerprint density at radius 3 is 2.48 bits per heavy atom. The number of nitrogens with zero attached hydrogens (tertiary/aromatic N) is 1. The summed E-state index contributed by atoms with van der Waals surface area (Å²) in [7, 11) is 0. The summed E-state index contributed by atoms with van der Waals surface area (Å²) in [6.07, 6.45) is 1.43. The van der Waals surface area contributed by atoms with Crippen LogP contribution in [0.25, 0.3) is 0 Å². The number of hydrogen-bond acceptors (Lipinski definition) is 4. The molecule has 0 aliphatic heterocycles. The molecule has 2 aromatic rings. The molecule has 0 atom stereocenters. The second-order valence-electron chi connectivity index (χ2n) is 4.28. The lowest BCUT2D eigenvalue weighted by molar-refractivity contribution is -0.142. The van der Waals surface area contributed by atoms with Crippen LogP contribution < -0.4 is 5.32 Å². The number of halogens is 1. The highest BCUT2D eigenvalue weighted by Crippen LogP contribution is 2.14. The molecule has 6 heteroatoms. The van der Waals surface area contributed by atoms with E-state index < -0.39 is 0 Å². The molecule has 0 saturated heterocycles. The lowest BCUT2D eigenvalue weighted by Gasteiger charge is -2.06. The van der Waals surface area contributed by atoms with E-state index in [0.717, 1.165) is 0 Å². The van der Waals surface area contributed by atoms with Gasteiger partial charge in [-0.05, 0) is 36.4 Å². The van der Waals surface area contributed by atoms with E-state index in [1.54, 1.807) is 36.4 Å². The molecule has 0 fully saturated rings. The molecule has 5 nitrogen and oxygen atoms in total. The van der Waals surface area contributed by atoms with Gasteiger partial charge in [0.2, 0.25) is 0 Å². The molecule has 1 N–H and O–H groups in total. The molecule has 1 aromatic heterocycles. The van der Waals surface area contributed by atoms with E-state index in [0.29, 0.717) is 22.0 Å². The minimum absolute atomic E-state index is 0.0917. The van der Waals surface area contributed by atoms with Crippen LogP contribution in [0.2, 0.25) is 5.02 Å². The molecule has 1 heterocycles. The zero-order valence-corrected chi connectivity index (χ0v) is 12.1. The van der Waals surface area contributed by atoms with Crippen molar-refractivity contribution in [2.45, 2.75) is 13.5 Å². The fourth-order valence-corrected chi connectivity index (χ4v) is 1.68. The summed E-state index contributed by atoms with van der Waals surface area (Å²) in [4.78, 5) is 26.8. The molecule has 0 aliphatic rings. The molecule has 0 aliphatic carbocycles. The van der Waals surface area contributed by atoms with Gasteiger partial charge in [-0.25, -0.2) is 0 Å². The van der Waals surface area contributed by atoms with E-state index >= 15 is 0 Å². The van der Waals surface area contributed by atoms with Crippen molar-refractivity contribution in [3.05, 3.63) is 58.9 Å². The number of ether oxygens (including phenoxy) is 1. The number of aromatic nitrogens is 1. The smallest absolute Gasteiger partial charge is 0.303 e. The molecular formula is C15H13ClN2O3. The Labute approximate surface area is 126 Å². The predicted octanol–water partition coefficient (Wildman–Crippen LogP) is 3.05. The van der Waals surface area contributed by atoms with Crippen LogP contribution >= 0.6 is 11.6 Å². The fraction of sp³-hybridized carbons (Fsp3) is 0.133. The molecule has 2 rings (SSSR count). The Kier molecular flexibility index (Phi) is 4.90. The number of esters is 1. The lowest BCUT2D eigenvalue weighted by Crippen LogP contribution is -2.12. The number of carbonyl (C=O) groups is 2. The highest BCUT2D eigenvalue weighted by Gasteiger charge is 2.07. The van der Waals surface area contributed by atoms with E-state index in [4.69, 9.17) is 16.3 Å². The number of anilines is 1. The summed E-state index contributed by atoms with van der Waals surface area (Å²) >= 11 is 5.78. The normalized spacial score (nSPS) is 10.0. The van der Waals surface area contributed by atoms with E-state index in [1.807, 2.05) is 0 Å². The molecule has 0 bridgehead atoms. The molecule has 108 valence electrons. The SMILES string of the molecule is CC(=O)OCc1ccc(C(=O)Nc2ccc(Cl)cc2)cn1. The molecule has 0 radical (unpaired) electrons. The number of hydrogen-bond donors (Lipinski definition) is 1. The highest BCUT2D eigenvalue weighted by atomic mass is 35.5. The first-order valence-electron chi connectivity index (χ1n) is 6.20. The van der Waals surface area contributed by atoms with Crippen molar-refractivity contribution >= 4 is 29.2 Å². The molecule has 1 aromatic carbocycles. The Morgan fingerprint density at radius 2 is 1.90 bits per heavy atom. The summed E-state index contributed by atoms with van der Waals surface area (Å²) in [5, 5.41) is 3.33. The van der Waals surface area contributed by atoms with Gasteiger partial charge in [-0.1, -0.05) is 11.6 Å². The summed E-state index contributed by atoms with van der Waals surface area (Å²) in [5.41, 5.74) is 1.64. The van der Waals surface area contributed by atoms with Crippen LogP contribution in [0.1, 0.15) is 23.0 Å². The zero-order valence-electron chi connectivity index (χ0n) is 11.3. The molecule has 0 saturated carbocycles. The van der Waals surface area contributed by atoms with Crippen LogP contribution in [0.4, 0.5) is 5.69 Å². The van der Waals surface area contributed by atoms with Gasteiger partial charge >= 0.3 is 5.97 Å². The maximum absolute atomic E-state index is 12.0. The van der Waals surface area contributed by atoms with Gasteiger partial charge < -0.3 is 10.1 Å². The first-order valence-corrected chi connectivity index (χ1v) is 6.57. The largest absolute Gasteiger partial charge is 0.459 e. The average Bonchev–Trinajstić information content (AvgIpc) is 2.48. The number of carbonyl (C=O) groups excluding carboxylic acids is 2. The van der Waals surface area contributed by atoms with E-state index in [9.17, 15) is 9.59 Å². The Morgan fingerprint density at radius 1 is 1.19 bits per heavy atom. The van der Waals surface area contributed by atoms with Crippen molar-refractivity contribution in [3.8, 4) is 0 Å². The quantitative estimate of drug-likeness (QED) is 0.882. The predicted molar refractivity (Wildman–Crippen MR) is 79.1 cm³/mol. The summed E-state index contributed by atoms with van der Waals surface area (Å²) in [5.74, 6) is -0.648. The number of amides is 1. The monoisotopic (exact) mass is 304 g/mol. The summed E-state index contributed by atoms with van der Waals surface area (Å²) in [6, 6.07) is 10.1. The van der Waals surface area contributed by atoms with Gasteiger partial charge in [0.05, 0.1) is 11.3 Å². The third-order valence-electron chi connectivity index (χ3n) is 2.61. The molecule has 0 spiro atoms. The van der Waals surface area contributed by atoms with Gasteiger partial charge in [-0.15, -0.1) is 0 Å². The molecule has 1 amide bonds. The number of nitrogens with one attached hydrogen (secondary N) is 1. The van der Waals surface area contributed by atoms with Crippen molar-refractivity contribution in [3.63, 3.8) is 0 Å². The average molecular weight is 305 g/mol. The number of rotatable bonds is 4. The summed E-state index contributed by atoms with van der Waals surface area (Å²) < 4.78 is 4.82. The number of benzene rings is 1. The van der Waals surface area contributed by atoms with Gasteiger partial charge in [0, 0.05) is 23.8 Å². The van der Waals surface area contributed by atoms with Crippen molar-refractivity contribution in [1.29, 1.82) is 0 Å². The van der Waals surface area contributed by atoms with Crippen LogP contribution in [0.15, 0.2) is 42.6 Å². The first-order chi connectivity index (χ1) is 10.0. The number of pyridine rings is 1. The Balaban J connectivity index is 1.99. The Bertz CT molecular complexity index is 639. The lowest BCUT2D eigenvalue weighted by atomic mass is 10.2. The standard InChI is InChI=1S/C15H13ClN2O3/c1-10(19)21-9-14-5-2-11(8-17-14)15(20)18-13-6-3-12(16)4-7-13/h2-8H,9H2,1H3,(H,18,20). The van der Waals surface area contributed by atoms with Crippen LogP contribution in [0, 0.1) is 0 Å². The summed E-state index contributed by atoms with van der Waals surface area (Å²) in [6.45, 7) is 1.42. The van der Waals surface area contributed by atoms with Crippen molar-refractivity contribution < 1.29 is 14.3 Å². The molecule has 0 unspecified atom stereocenters. The first kappa shape index (κ1) is 15.0. The van der Waals surface area contributed by atoms with Crippen molar-refractivity contribution in [1.82, 2.24) is 4.98 Å². The molecule has 21 heavy (non-hydrogen) atoms. The van der Waals surface area contributed by atoms with Gasteiger partial charge in [-0.3, -0.25) is 14.6 Å². The van der Waals surface area contributed by atoms with Gasteiger partial charge in [0.15, 0.2) is 0 Å². The van der Waals surface area contributed by atoms with E-state index in [2.05, 4.69) is 10.3 Å². The zero-order chi connectivity index (χ0) is 15.2. The minimum Gasteiger partial charge on any atom is -0.459 e. The van der Waals surface area contributed by atoms with Crippen LogP contribution in [-0.2, 0) is 16.1 Å². The fourth-order valence-electron chi connectivity index (χ4n) is 1.56. The maximum atomic E-state index is 12.0. The second kappa shape index (κ2) is 6.85. The topological polar surface area (TPSA) is 68.3 Å². The van der Waals surface area contributed by atoms with Gasteiger partial charge in [0.25, 0.3) is 5.91 Å². The van der Waals surface area contributed by atoms with Crippen LogP contribution in [0.3, 0.4) is 0 Å². The van der Waals surface area contributed by atoms with Crippen LogP contribution in [0.5, 0.6) is 0 Å². The molecular weight excluding hydrogens is 292 g/mol. The Hall–Kier alpha value is -2.40. The highest BCUT2D eigenvalue weighted by molar-refractivity contribution is 6.30. The minimum atomic E-state index is -0.374. The van der Waals surface area contributed by atoms with Crippen LogP contribution in [-0.4, -0.2) is 16.9 Å². The second-order valence-corrected chi connectivity index (χ2v) is 4.72. The third kappa shape index (κ3) is 4.57. The maximum Gasteiger partial charge on any atom is 0.303 e. The van der Waals surface area contributed by atoms with Crippen molar-refractivity contribution in [2.75, 3.05) is 5.32 Å². The third-order valence-corrected chi connectivity index (χ3v) is 2.86. The van der Waals surface area contributed by atoms with Crippen molar-refractivity contribution in [2.24, 2.45) is 0 Å². The van der Waals surface area contributed by atoms with E-state index in [-0.39, 0.29) is 18.5 Å². The van der Waals surface area contributed by atoms with Gasteiger partial charge in [-0.2, -0.15) is 0 Å².